The number of hydrogen-bond acceptors (Lipinski definition) is 4. The van der Waals surface area contributed by atoms with E-state index in [9.17, 15) is 9.59 Å². The standard InChI is InChI=1S/C20H31NO4/c1-4-5-6-7-8-12-15-17(20(23)25-3)21-19(22)18(24-2)16-13-10-9-11-14-16/h9-11,13-14,17-18H,4-8,12,15H2,1-3H3,(H,21,22)/t17-,18+/m0/s1. The number of rotatable bonds is 12. The van der Waals surface area contributed by atoms with Gasteiger partial charge in [-0.2, -0.15) is 0 Å². The molecule has 25 heavy (non-hydrogen) atoms. The summed E-state index contributed by atoms with van der Waals surface area (Å²) in [7, 11) is 2.83. The molecular formula is C20H31NO4. The third-order valence-electron chi connectivity index (χ3n) is 4.22. The maximum atomic E-state index is 12.5. The van der Waals surface area contributed by atoms with Crippen LogP contribution in [0, 0.1) is 0 Å². The Morgan fingerprint density at radius 2 is 1.64 bits per heavy atom. The predicted molar refractivity (Wildman–Crippen MR) is 98.1 cm³/mol. The van der Waals surface area contributed by atoms with E-state index in [1.165, 1.54) is 33.5 Å². The zero-order chi connectivity index (χ0) is 18.5. The van der Waals surface area contributed by atoms with Crippen LogP contribution in [0.2, 0.25) is 0 Å². The Bertz CT molecular complexity index is 504. The van der Waals surface area contributed by atoms with Gasteiger partial charge in [0.25, 0.3) is 5.91 Å². The molecular weight excluding hydrogens is 318 g/mol. The first-order valence-electron chi connectivity index (χ1n) is 9.10. The first kappa shape index (κ1) is 21.2. The molecule has 1 amide bonds. The van der Waals surface area contributed by atoms with Crippen LogP contribution in [0.5, 0.6) is 0 Å². The van der Waals surface area contributed by atoms with E-state index in [2.05, 4.69) is 12.2 Å². The number of amides is 1. The monoisotopic (exact) mass is 349 g/mol. The van der Waals surface area contributed by atoms with Crippen LogP contribution in [0.15, 0.2) is 30.3 Å². The Morgan fingerprint density at radius 3 is 2.24 bits per heavy atom. The van der Waals surface area contributed by atoms with Gasteiger partial charge in [-0.25, -0.2) is 4.79 Å². The summed E-state index contributed by atoms with van der Waals surface area (Å²) >= 11 is 0. The van der Waals surface area contributed by atoms with E-state index in [0.717, 1.165) is 24.8 Å². The van der Waals surface area contributed by atoms with Gasteiger partial charge >= 0.3 is 5.97 Å². The molecule has 0 fully saturated rings. The summed E-state index contributed by atoms with van der Waals surface area (Å²) in [4.78, 5) is 24.5. The molecule has 0 bridgehead atoms. The van der Waals surface area contributed by atoms with Gasteiger partial charge in [0, 0.05) is 7.11 Å². The largest absolute Gasteiger partial charge is 0.467 e. The molecule has 0 saturated carbocycles. The molecule has 1 aromatic rings. The number of esters is 1. The Labute approximate surface area is 151 Å². The lowest BCUT2D eigenvalue weighted by Crippen LogP contribution is -2.44. The molecule has 5 heteroatoms. The van der Waals surface area contributed by atoms with Crippen molar-refractivity contribution in [1.29, 1.82) is 0 Å². The predicted octanol–water partition coefficient (Wildman–Crippen LogP) is 3.78. The Hall–Kier alpha value is -1.88. The highest BCUT2D eigenvalue weighted by Crippen LogP contribution is 2.17. The Balaban J connectivity index is 2.58. The van der Waals surface area contributed by atoms with Gasteiger partial charge in [0.05, 0.1) is 7.11 Å². The lowest BCUT2D eigenvalue weighted by molar-refractivity contribution is -0.147. The van der Waals surface area contributed by atoms with Crippen LogP contribution in [0.1, 0.15) is 63.5 Å². The highest BCUT2D eigenvalue weighted by Gasteiger charge is 2.26. The van der Waals surface area contributed by atoms with Gasteiger partial charge in [0.15, 0.2) is 6.10 Å². The highest BCUT2D eigenvalue weighted by atomic mass is 16.5. The second-order valence-electron chi connectivity index (χ2n) is 6.17. The van der Waals surface area contributed by atoms with Crippen LogP contribution in [0.3, 0.4) is 0 Å². The van der Waals surface area contributed by atoms with Crippen molar-refractivity contribution >= 4 is 11.9 Å². The zero-order valence-corrected chi connectivity index (χ0v) is 15.6. The molecule has 1 N–H and O–H groups in total. The lowest BCUT2D eigenvalue weighted by atomic mass is 10.0. The molecule has 0 aliphatic rings. The molecule has 140 valence electrons. The number of benzene rings is 1. The van der Waals surface area contributed by atoms with Crippen molar-refractivity contribution in [2.24, 2.45) is 0 Å². The van der Waals surface area contributed by atoms with E-state index in [1.54, 1.807) is 0 Å². The SMILES string of the molecule is CCCCCCCC[C@H](NC(=O)[C@H](OC)c1ccccc1)C(=O)OC. The summed E-state index contributed by atoms with van der Waals surface area (Å²) in [6.07, 6.45) is 6.59. The highest BCUT2D eigenvalue weighted by molar-refractivity contribution is 5.87. The van der Waals surface area contributed by atoms with E-state index in [0.29, 0.717) is 6.42 Å². The van der Waals surface area contributed by atoms with Crippen LogP contribution in [-0.4, -0.2) is 32.1 Å². The van der Waals surface area contributed by atoms with Crippen LogP contribution >= 0.6 is 0 Å². The third kappa shape index (κ3) is 7.69. The maximum absolute atomic E-state index is 12.5. The molecule has 0 aliphatic heterocycles. The summed E-state index contributed by atoms with van der Waals surface area (Å²) in [6.45, 7) is 2.18. The van der Waals surface area contributed by atoms with E-state index < -0.39 is 18.1 Å². The maximum Gasteiger partial charge on any atom is 0.328 e. The average Bonchev–Trinajstić information content (AvgIpc) is 2.64. The van der Waals surface area contributed by atoms with Crippen molar-refractivity contribution in [1.82, 2.24) is 5.32 Å². The van der Waals surface area contributed by atoms with Gasteiger partial charge in [0.2, 0.25) is 0 Å². The minimum atomic E-state index is -0.738. The number of methoxy groups -OCH3 is 2. The summed E-state index contributed by atoms with van der Waals surface area (Å²) in [5.74, 6) is -0.736. The molecule has 1 rings (SSSR count). The first-order valence-corrected chi connectivity index (χ1v) is 9.10. The summed E-state index contributed by atoms with van der Waals surface area (Å²) in [6, 6.07) is 8.60. The van der Waals surface area contributed by atoms with Crippen LogP contribution in [-0.2, 0) is 19.1 Å². The molecule has 1 aromatic carbocycles. The Kier molecular flexibility index (Phi) is 10.6. The van der Waals surface area contributed by atoms with Gasteiger partial charge in [-0.1, -0.05) is 75.8 Å². The van der Waals surface area contributed by atoms with Gasteiger partial charge in [-0.15, -0.1) is 0 Å². The smallest absolute Gasteiger partial charge is 0.328 e. The summed E-state index contributed by atoms with van der Waals surface area (Å²) < 4.78 is 10.2. The molecule has 0 heterocycles. The van der Waals surface area contributed by atoms with Gasteiger partial charge < -0.3 is 14.8 Å². The number of carbonyl (C=O) groups is 2. The average molecular weight is 349 g/mol. The number of ether oxygens (including phenoxy) is 2. The fourth-order valence-corrected chi connectivity index (χ4v) is 2.79. The van der Waals surface area contributed by atoms with Crippen molar-refractivity contribution in [3.63, 3.8) is 0 Å². The van der Waals surface area contributed by atoms with Crippen molar-refractivity contribution in [3.05, 3.63) is 35.9 Å². The number of nitrogens with one attached hydrogen (secondary N) is 1. The number of carbonyl (C=O) groups excluding carboxylic acids is 2. The fourth-order valence-electron chi connectivity index (χ4n) is 2.79. The molecule has 2 atom stereocenters. The molecule has 0 radical (unpaired) electrons. The lowest BCUT2D eigenvalue weighted by Gasteiger charge is -2.21. The molecule has 0 saturated heterocycles. The van der Waals surface area contributed by atoms with Crippen LogP contribution in [0.4, 0.5) is 0 Å². The molecule has 0 spiro atoms. The van der Waals surface area contributed by atoms with E-state index in [4.69, 9.17) is 9.47 Å². The quantitative estimate of drug-likeness (QED) is 0.461. The van der Waals surface area contributed by atoms with E-state index in [-0.39, 0.29) is 5.91 Å². The first-order chi connectivity index (χ1) is 12.1. The number of unbranched alkanes of at least 4 members (excludes halogenated alkanes) is 5. The molecule has 5 nitrogen and oxygen atoms in total. The van der Waals surface area contributed by atoms with E-state index in [1.807, 2.05) is 30.3 Å². The number of hydrogen-bond donors (Lipinski definition) is 1. The third-order valence-corrected chi connectivity index (χ3v) is 4.22. The second-order valence-corrected chi connectivity index (χ2v) is 6.17. The summed E-state index contributed by atoms with van der Waals surface area (Å²) in [5.41, 5.74) is 0.755. The van der Waals surface area contributed by atoms with Gasteiger partial charge in [-0.3, -0.25) is 4.79 Å². The zero-order valence-electron chi connectivity index (χ0n) is 15.6. The van der Waals surface area contributed by atoms with Crippen molar-refractivity contribution in [2.45, 2.75) is 64.0 Å². The Morgan fingerprint density at radius 1 is 1.00 bits per heavy atom. The van der Waals surface area contributed by atoms with Gasteiger partial charge in [0.1, 0.15) is 6.04 Å². The fraction of sp³-hybridized carbons (Fsp3) is 0.600. The summed E-state index contributed by atoms with van der Waals surface area (Å²) in [5, 5.41) is 2.78. The molecule has 0 unspecified atom stereocenters. The normalized spacial score (nSPS) is 13.1. The molecule has 0 aromatic heterocycles. The van der Waals surface area contributed by atoms with E-state index >= 15 is 0 Å². The minimum absolute atomic E-state index is 0.324. The molecule has 0 aliphatic carbocycles. The minimum Gasteiger partial charge on any atom is -0.467 e. The topological polar surface area (TPSA) is 64.6 Å². The van der Waals surface area contributed by atoms with Crippen molar-refractivity contribution in [3.8, 4) is 0 Å². The van der Waals surface area contributed by atoms with Crippen molar-refractivity contribution in [2.75, 3.05) is 14.2 Å². The second kappa shape index (κ2) is 12.5. The van der Waals surface area contributed by atoms with Gasteiger partial charge in [-0.05, 0) is 12.0 Å². The van der Waals surface area contributed by atoms with Crippen molar-refractivity contribution < 1.29 is 19.1 Å². The van der Waals surface area contributed by atoms with Crippen LogP contribution in [0.25, 0.3) is 0 Å². The van der Waals surface area contributed by atoms with Crippen LogP contribution < -0.4 is 5.32 Å².